The summed E-state index contributed by atoms with van der Waals surface area (Å²) in [4.78, 5) is 2.59. The Bertz CT molecular complexity index is 167. The van der Waals surface area contributed by atoms with Gasteiger partial charge in [-0.2, -0.15) is 0 Å². The summed E-state index contributed by atoms with van der Waals surface area (Å²) < 4.78 is 0. The maximum Gasteiger partial charge on any atom is -0.00189 e. The lowest BCUT2D eigenvalue weighted by Crippen LogP contribution is -2.25. The quantitative estimate of drug-likeness (QED) is 0.295. The van der Waals surface area contributed by atoms with Crippen molar-refractivity contribution in [2.45, 2.75) is 104 Å². The maximum atomic E-state index is 2.59. The fourth-order valence-electron chi connectivity index (χ4n) is 2.92. The highest BCUT2D eigenvalue weighted by molar-refractivity contribution is 4.55. The van der Waals surface area contributed by atoms with Gasteiger partial charge in [0.15, 0.2) is 0 Å². The van der Waals surface area contributed by atoms with Crippen LogP contribution in [-0.2, 0) is 0 Å². The molecule has 0 aliphatic heterocycles. The number of hydrogen-bond donors (Lipinski definition) is 0. The fraction of sp³-hybridized carbons (Fsp3) is 1.00. The summed E-state index contributed by atoms with van der Waals surface area (Å²) in [7, 11) is 0. The average molecular weight is 284 g/mol. The third-order valence-corrected chi connectivity index (χ3v) is 4.31. The topological polar surface area (TPSA) is 3.24 Å². The van der Waals surface area contributed by atoms with E-state index in [2.05, 4.69) is 25.7 Å². The number of hydrogen-bond acceptors (Lipinski definition) is 1. The summed E-state index contributed by atoms with van der Waals surface area (Å²) in [6.45, 7) is 10.7. The molecule has 0 radical (unpaired) electrons. The van der Waals surface area contributed by atoms with E-state index in [0.717, 1.165) is 0 Å². The summed E-state index contributed by atoms with van der Waals surface area (Å²) >= 11 is 0. The number of unbranched alkanes of at least 4 members (excludes halogenated alkanes) is 11. The Morgan fingerprint density at radius 3 is 1.30 bits per heavy atom. The predicted molar refractivity (Wildman–Crippen MR) is 93.5 cm³/mol. The molecule has 0 unspecified atom stereocenters. The molecule has 0 aromatic rings. The van der Waals surface area contributed by atoms with Gasteiger partial charge in [-0.05, 0) is 32.5 Å². The Morgan fingerprint density at radius 2 is 0.900 bits per heavy atom. The Balaban J connectivity index is 3.09. The zero-order valence-electron chi connectivity index (χ0n) is 14.8. The van der Waals surface area contributed by atoms with E-state index in [1.807, 2.05) is 0 Å². The van der Waals surface area contributed by atoms with E-state index in [1.165, 1.54) is 103 Å². The van der Waals surface area contributed by atoms with Gasteiger partial charge in [-0.15, -0.1) is 0 Å². The summed E-state index contributed by atoms with van der Waals surface area (Å²) in [5.41, 5.74) is 0. The normalized spacial score (nSPS) is 11.4. The third-order valence-electron chi connectivity index (χ3n) is 4.31. The first-order valence-electron chi connectivity index (χ1n) is 9.57. The van der Waals surface area contributed by atoms with Crippen LogP contribution in [0, 0.1) is 0 Å². The molecule has 0 atom stereocenters. The molecule has 0 saturated heterocycles. The fourth-order valence-corrected chi connectivity index (χ4v) is 2.92. The molecule has 122 valence electrons. The zero-order chi connectivity index (χ0) is 14.9. The van der Waals surface area contributed by atoms with Crippen molar-refractivity contribution in [3.8, 4) is 0 Å². The lowest BCUT2D eigenvalue weighted by Gasteiger charge is -2.19. The second-order valence-electron chi connectivity index (χ2n) is 6.32. The molecular weight excluding hydrogens is 242 g/mol. The lowest BCUT2D eigenvalue weighted by molar-refractivity contribution is 0.281. The van der Waals surface area contributed by atoms with E-state index >= 15 is 0 Å². The van der Waals surface area contributed by atoms with Gasteiger partial charge in [-0.1, -0.05) is 91.4 Å². The molecule has 0 aromatic carbocycles. The number of rotatable bonds is 16. The molecule has 0 rings (SSSR count). The largest absolute Gasteiger partial charge is 0.304 e. The van der Waals surface area contributed by atoms with Gasteiger partial charge in [-0.3, -0.25) is 0 Å². The van der Waals surface area contributed by atoms with Gasteiger partial charge in [0.05, 0.1) is 0 Å². The van der Waals surface area contributed by atoms with Crippen LogP contribution in [0.2, 0.25) is 0 Å². The second kappa shape index (κ2) is 17.0. The van der Waals surface area contributed by atoms with Gasteiger partial charge < -0.3 is 4.90 Å². The van der Waals surface area contributed by atoms with Crippen molar-refractivity contribution in [2.24, 2.45) is 0 Å². The van der Waals surface area contributed by atoms with Crippen LogP contribution >= 0.6 is 0 Å². The Kier molecular flexibility index (Phi) is 17.0. The van der Waals surface area contributed by atoms with Crippen molar-refractivity contribution in [2.75, 3.05) is 19.6 Å². The van der Waals surface area contributed by atoms with Gasteiger partial charge in [0.25, 0.3) is 0 Å². The van der Waals surface area contributed by atoms with Gasteiger partial charge in [0.1, 0.15) is 0 Å². The minimum Gasteiger partial charge on any atom is -0.304 e. The van der Waals surface area contributed by atoms with Gasteiger partial charge >= 0.3 is 0 Å². The van der Waals surface area contributed by atoms with Crippen molar-refractivity contribution < 1.29 is 0 Å². The molecule has 0 saturated carbocycles. The molecule has 0 amide bonds. The first-order chi connectivity index (χ1) is 9.85. The van der Waals surface area contributed by atoms with Crippen molar-refractivity contribution in [1.29, 1.82) is 0 Å². The molecule has 0 bridgehead atoms. The zero-order valence-corrected chi connectivity index (χ0v) is 14.8. The van der Waals surface area contributed by atoms with Crippen LogP contribution in [-0.4, -0.2) is 24.5 Å². The first kappa shape index (κ1) is 20.0. The molecule has 0 fully saturated rings. The molecule has 0 N–H and O–H groups in total. The van der Waals surface area contributed by atoms with E-state index in [4.69, 9.17) is 0 Å². The highest BCUT2D eigenvalue weighted by Gasteiger charge is 1.99. The minimum absolute atomic E-state index is 1.23. The van der Waals surface area contributed by atoms with Crippen molar-refractivity contribution in [3.63, 3.8) is 0 Å². The van der Waals surface area contributed by atoms with Gasteiger partial charge in [0, 0.05) is 0 Å². The van der Waals surface area contributed by atoms with Crippen LogP contribution in [0.3, 0.4) is 0 Å². The molecule has 1 heteroatoms. The Hall–Kier alpha value is -0.0400. The van der Waals surface area contributed by atoms with Gasteiger partial charge in [0.2, 0.25) is 0 Å². The molecule has 1 nitrogen and oxygen atoms in total. The Labute approximate surface area is 129 Å². The Morgan fingerprint density at radius 1 is 0.450 bits per heavy atom. The van der Waals surface area contributed by atoms with E-state index in [-0.39, 0.29) is 0 Å². The lowest BCUT2D eigenvalue weighted by atomic mass is 10.1. The van der Waals surface area contributed by atoms with Crippen LogP contribution in [0.25, 0.3) is 0 Å². The van der Waals surface area contributed by atoms with Crippen LogP contribution in [0.1, 0.15) is 104 Å². The molecule has 0 aliphatic rings. The highest BCUT2D eigenvalue weighted by atomic mass is 15.1. The molecule has 20 heavy (non-hydrogen) atoms. The second-order valence-corrected chi connectivity index (χ2v) is 6.32. The van der Waals surface area contributed by atoms with Crippen LogP contribution in [0.4, 0.5) is 0 Å². The van der Waals surface area contributed by atoms with Crippen molar-refractivity contribution in [1.82, 2.24) is 4.90 Å². The molecular formula is C19H41N. The first-order valence-corrected chi connectivity index (χ1v) is 9.57. The standard InChI is InChI=1S/C19H41N/c1-4-7-8-9-10-11-12-13-14-15-16-17-19-20(6-3)18-5-2/h4-19H2,1-3H3. The molecule has 0 aromatic heterocycles. The smallest absolute Gasteiger partial charge is 0.00189 e. The van der Waals surface area contributed by atoms with E-state index < -0.39 is 0 Å². The highest BCUT2D eigenvalue weighted by Crippen LogP contribution is 2.12. The third kappa shape index (κ3) is 14.4. The summed E-state index contributed by atoms with van der Waals surface area (Å²) in [5, 5.41) is 0. The average Bonchev–Trinajstić information content (AvgIpc) is 2.47. The predicted octanol–water partition coefficient (Wildman–Crippen LogP) is 6.42. The van der Waals surface area contributed by atoms with Crippen LogP contribution in [0.5, 0.6) is 0 Å². The molecule has 0 aliphatic carbocycles. The van der Waals surface area contributed by atoms with E-state index in [9.17, 15) is 0 Å². The van der Waals surface area contributed by atoms with Crippen molar-refractivity contribution in [3.05, 3.63) is 0 Å². The summed E-state index contributed by atoms with van der Waals surface area (Å²) in [5.74, 6) is 0. The van der Waals surface area contributed by atoms with Crippen LogP contribution < -0.4 is 0 Å². The van der Waals surface area contributed by atoms with Crippen molar-refractivity contribution >= 4 is 0 Å². The SMILES string of the molecule is CCCCCCCCCCCCCCN(CC)CCC. The van der Waals surface area contributed by atoms with E-state index in [1.54, 1.807) is 0 Å². The summed E-state index contributed by atoms with van der Waals surface area (Å²) in [6.07, 6.45) is 18.7. The molecule has 0 spiro atoms. The molecule has 0 heterocycles. The summed E-state index contributed by atoms with van der Waals surface area (Å²) in [6, 6.07) is 0. The van der Waals surface area contributed by atoms with Crippen LogP contribution in [0.15, 0.2) is 0 Å². The monoisotopic (exact) mass is 283 g/mol. The van der Waals surface area contributed by atoms with E-state index in [0.29, 0.717) is 0 Å². The maximum absolute atomic E-state index is 2.59. The number of nitrogens with zero attached hydrogens (tertiary/aromatic N) is 1. The minimum atomic E-state index is 1.23. The van der Waals surface area contributed by atoms with Gasteiger partial charge in [-0.25, -0.2) is 0 Å².